The van der Waals surface area contributed by atoms with E-state index in [2.05, 4.69) is 15.6 Å². The van der Waals surface area contributed by atoms with Gasteiger partial charge in [-0.25, -0.2) is 4.68 Å². The number of amides is 1. The molecule has 8 heteroatoms. The van der Waals surface area contributed by atoms with Gasteiger partial charge in [-0.15, -0.1) is 0 Å². The van der Waals surface area contributed by atoms with Crippen molar-refractivity contribution in [1.29, 1.82) is 0 Å². The van der Waals surface area contributed by atoms with Crippen molar-refractivity contribution in [2.75, 3.05) is 5.32 Å². The van der Waals surface area contributed by atoms with Crippen molar-refractivity contribution in [3.05, 3.63) is 56.8 Å². The van der Waals surface area contributed by atoms with Crippen molar-refractivity contribution in [3.63, 3.8) is 0 Å². The van der Waals surface area contributed by atoms with Crippen LogP contribution in [0.1, 0.15) is 5.76 Å². The second-order valence-electron chi connectivity index (χ2n) is 4.75. The van der Waals surface area contributed by atoms with Gasteiger partial charge in [0.05, 0.1) is 10.8 Å². The average Bonchev–Trinajstić information content (AvgIpc) is 2.89. The summed E-state index contributed by atoms with van der Waals surface area (Å²) in [6.07, 6.45) is 0. The molecule has 0 saturated heterocycles. The first-order chi connectivity index (χ1) is 10.5. The molecule has 0 unspecified atom stereocenters. The predicted molar refractivity (Wildman–Crippen MR) is 78.7 cm³/mol. The van der Waals surface area contributed by atoms with Crippen LogP contribution in [-0.2, 0) is 11.3 Å². The number of fused-ring (bicyclic) bond motifs is 1. The number of nitrogens with zero attached hydrogens (tertiary/aromatic N) is 2. The number of rotatable bonds is 3. The van der Waals surface area contributed by atoms with Crippen LogP contribution in [0.15, 0.2) is 44.4 Å². The van der Waals surface area contributed by atoms with Gasteiger partial charge in [0, 0.05) is 6.07 Å². The molecule has 2 heterocycles. The Morgan fingerprint density at radius 1 is 1.32 bits per heavy atom. The van der Waals surface area contributed by atoms with Crippen LogP contribution in [0, 0.1) is 6.92 Å². The molecule has 0 atom stereocenters. The largest absolute Gasteiger partial charge is 0.360 e. The molecule has 22 heavy (non-hydrogen) atoms. The number of carbonyl (C=O) groups excluding carboxylic acids is 1. The molecule has 0 fully saturated rings. The minimum Gasteiger partial charge on any atom is -0.360 e. The van der Waals surface area contributed by atoms with Crippen LogP contribution in [0.5, 0.6) is 0 Å². The number of hydrogen-bond acceptors (Lipinski definition) is 5. The van der Waals surface area contributed by atoms with Crippen LogP contribution in [0.3, 0.4) is 0 Å². The summed E-state index contributed by atoms with van der Waals surface area (Å²) in [5, 5.41) is 9.03. The average molecular weight is 300 g/mol. The molecule has 3 aromatic rings. The van der Waals surface area contributed by atoms with Crippen LogP contribution in [-0.4, -0.2) is 20.8 Å². The molecule has 0 spiro atoms. The zero-order chi connectivity index (χ0) is 15.7. The number of anilines is 1. The van der Waals surface area contributed by atoms with Gasteiger partial charge in [-0.05, 0) is 19.1 Å². The molecule has 0 aliphatic heterocycles. The van der Waals surface area contributed by atoms with Gasteiger partial charge in [-0.2, -0.15) is 0 Å². The standard InChI is InChI=1S/C14H12N4O4/c1-8-6-11(17-22-8)15-12(19)7-18-14(21)10-5-3-2-4-9(10)13(20)16-18/h2-6H,7H2,1H3,(H,16,20)(H,15,17,19). The first-order valence-corrected chi connectivity index (χ1v) is 6.49. The van der Waals surface area contributed by atoms with E-state index in [4.69, 9.17) is 4.52 Å². The number of aromatic amines is 1. The Morgan fingerprint density at radius 3 is 2.73 bits per heavy atom. The third-order valence-corrected chi connectivity index (χ3v) is 3.08. The summed E-state index contributed by atoms with van der Waals surface area (Å²) >= 11 is 0. The van der Waals surface area contributed by atoms with Gasteiger partial charge in [-0.1, -0.05) is 17.3 Å². The van der Waals surface area contributed by atoms with Crippen LogP contribution >= 0.6 is 0 Å². The SMILES string of the molecule is Cc1cc(NC(=O)Cn2[nH]c(=O)c3ccccc3c2=O)no1. The lowest BCUT2D eigenvalue weighted by molar-refractivity contribution is -0.117. The first kappa shape index (κ1) is 13.8. The summed E-state index contributed by atoms with van der Waals surface area (Å²) in [4.78, 5) is 36.1. The van der Waals surface area contributed by atoms with Crippen molar-refractivity contribution in [3.8, 4) is 0 Å². The predicted octanol–water partition coefficient (Wildman–Crippen LogP) is 0.625. The van der Waals surface area contributed by atoms with E-state index in [0.29, 0.717) is 5.76 Å². The third kappa shape index (κ3) is 2.53. The molecular formula is C14H12N4O4. The van der Waals surface area contributed by atoms with Crippen molar-refractivity contribution < 1.29 is 9.32 Å². The molecule has 0 bridgehead atoms. The van der Waals surface area contributed by atoms with E-state index in [0.717, 1.165) is 4.68 Å². The molecule has 0 aliphatic rings. The van der Waals surface area contributed by atoms with Crippen LogP contribution in [0.4, 0.5) is 5.82 Å². The lowest BCUT2D eigenvalue weighted by Gasteiger charge is -2.06. The number of aryl methyl sites for hydroxylation is 1. The van der Waals surface area contributed by atoms with Gasteiger partial charge in [0.2, 0.25) is 5.91 Å². The highest BCUT2D eigenvalue weighted by Crippen LogP contribution is 2.07. The number of benzene rings is 1. The second kappa shape index (κ2) is 5.32. The highest BCUT2D eigenvalue weighted by Gasteiger charge is 2.11. The Bertz CT molecular complexity index is 967. The molecule has 0 saturated carbocycles. The van der Waals surface area contributed by atoms with Gasteiger partial charge >= 0.3 is 0 Å². The molecule has 0 radical (unpaired) electrons. The number of carbonyl (C=O) groups is 1. The van der Waals surface area contributed by atoms with E-state index in [1.807, 2.05) is 0 Å². The molecule has 112 valence electrons. The highest BCUT2D eigenvalue weighted by atomic mass is 16.5. The van der Waals surface area contributed by atoms with Gasteiger partial charge in [-0.3, -0.25) is 19.5 Å². The number of aromatic nitrogens is 3. The molecule has 2 N–H and O–H groups in total. The van der Waals surface area contributed by atoms with E-state index in [1.165, 1.54) is 0 Å². The third-order valence-electron chi connectivity index (χ3n) is 3.08. The van der Waals surface area contributed by atoms with E-state index in [9.17, 15) is 14.4 Å². The maximum Gasteiger partial charge on any atom is 0.273 e. The molecule has 8 nitrogen and oxygen atoms in total. The Labute approximate surface area is 123 Å². The Morgan fingerprint density at radius 2 is 2.05 bits per heavy atom. The van der Waals surface area contributed by atoms with Crippen LogP contribution in [0.25, 0.3) is 10.8 Å². The van der Waals surface area contributed by atoms with E-state index in [-0.39, 0.29) is 23.1 Å². The summed E-state index contributed by atoms with van der Waals surface area (Å²) in [7, 11) is 0. The van der Waals surface area contributed by atoms with Crippen LogP contribution in [0.2, 0.25) is 0 Å². The fourth-order valence-corrected chi connectivity index (χ4v) is 2.11. The summed E-state index contributed by atoms with van der Waals surface area (Å²) in [6.45, 7) is 1.36. The fourth-order valence-electron chi connectivity index (χ4n) is 2.11. The molecule has 0 aliphatic carbocycles. The summed E-state index contributed by atoms with van der Waals surface area (Å²) < 4.78 is 5.79. The monoisotopic (exact) mass is 300 g/mol. The maximum absolute atomic E-state index is 12.3. The molecular weight excluding hydrogens is 288 g/mol. The Hall–Kier alpha value is -3.16. The van der Waals surface area contributed by atoms with E-state index < -0.39 is 17.0 Å². The molecule has 1 aromatic carbocycles. The maximum atomic E-state index is 12.3. The molecule has 1 amide bonds. The van der Waals surface area contributed by atoms with Crippen molar-refractivity contribution in [2.24, 2.45) is 0 Å². The zero-order valence-electron chi connectivity index (χ0n) is 11.6. The summed E-state index contributed by atoms with van der Waals surface area (Å²) in [5.74, 6) is 0.298. The summed E-state index contributed by atoms with van der Waals surface area (Å²) in [6, 6.07) is 7.97. The smallest absolute Gasteiger partial charge is 0.273 e. The van der Waals surface area contributed by atoms with Gasteiger partial charge in [0.25, 0.3) is 11.1 Å². The Kier molecular flexibility index (Phi) is 3.34. The fraction of sp³-hybridized carbons (Fsp3) is 0.143. The van der Waals surface area contributed by atoms with Crippen molar-refractivity contribution >= 4 is 22.5 Å². The lowest BCUT2D eigenvalue weighted by atomic mass is 10.2. The normalized spacial score (nSPS) is 10.8. The number of nitrogens with one attached hydrogen (secondary N) is 2. The van der Waals surface area contributed by atoms with Crippen molar-refractivity contribution in [1.82, 2.24) is 14.9 Å². The number of H-pyrrole nitrogens is 1. The van der Waals surface area contributed by atoms with Gasteiger partial charge < -0.3 is 9.84 Å². The van der Waals surface area contributed by atoms with E-state index >= 15 is 0 Å². The van der Waals surface area contributed by atoms with Crippen molar-refractivity contribution in [2.45, 2.75) is 13.5 Å². The first-order valence-electron chi connectivity index (χ1n) is 6.49. The molecule has 2 aromatic heterocycles. The minimum atomic E-state index is -0.499. The second-order valence-corrected chi connectivity index (χ2v) is 4.75. The quantitative estimate of drug-likeness (QED) is 0.737. The summed E-state index contributed by atoms with van der Waals surface area (Å²) in [5.41, 5.74) is -0.873. The van der Waals surface area contributed by atoms with Gasteiger partial charge in [0.15, 0.2) is 5.82 Å². The topological polar surface area (TPSA) is 110 Å². The lowest BCUT2D eigenvalue weighted by Crippen LogP contribution is -2.34. The minimum absolute atomic E-state index is 0.249. The highest BCUT2D eigenvalue weighted by molar-refractivity contribution is 5.89. The van der Waals surface area contributed by atoms with Crippen LogP contribution < -0.4 is 16.4 Å². The Balaban J connectivity index is 1.91. The van der Waals surface area contributed by atoms with E-state index in [1.54, 1.807) is 37.3 Å². The molecule has 3 rings (SSSR count). The zero-order valence-corrected chi connectivity index (χ0v) is 11.6. The van der Waals surface area contributed by atoms with Gasteiger partial charge in [0.1, 0.15) is 12.3 Å². The number of hydrogen-bond donors (Lipinski definition) is 2.